The molecule has 1 amide bonds. The van der Waals surface area contributed by atoms with Gasteiger partial charge in [0.1, 0.15) is 5.75 Å². The van der Waals surface area contributed by atoms with E-state index in [0.717, 1.165) is 43.2 Å². The highest BCUT2D eigenvalue weighted by molar-refractivity contribution is 5.98. The van der Waals surface area contributed by atoms with E-state index >= 15 is 0 Å². The summed E-state index contributed by atoms with van der Waals surface area (Å²) < 4.78 is 5.39. The van der Waals surface area contributed by atoms with Crippen molar-refractivity contribution in [1.29, 1.82) is 0 Å². The maximum absolute atomic E-state index is 12.9. The summed E-state index contributed by atoms with van der Waals surface area (Å²) in [7, 11) is 1.63. The van der Waals surface area contributed by atoms with Crippen molar-refractivity contribution in [2.45, 2.75) is 32.6 Å². The SMILES string of the molecule is COc1cccc(C)c1C(=O)N1CCN(CC2CCCC2)CC1. The molecule has 0 bridgehead atoms. The van der Waals surface area contributed by atoms with E-state index in [4.69, 9.17) is 4.74 Å². The Morgan fingerprint density at radius 2 is 1.87 bits per heavy atom. The molecule has 1 aliphatic carbocycles. The van der Waals surface area contributed by atoms with Gasteiger partial charge in [-0.25, -0.2) is 0 Å². The molecule has 4 nitrogen and oxygen atoms in total. The molecular formula is C19H28N2O2. The first-order valence-corrected chi connectivity index (χ1v) is 8.84. The molecule has 0 atom stereocenters. The van der Waals surface area contributed by atoms with Crippen LogP contribution in [-0.2, 0) is 0 Å². The van der Waals surface area contributed by atoms with Crippen LogP contribution >= 0.6 is 0 Å². The van der Waals surface area contributed by atoms with Crippen LogP contribution in [0.5, 0.6) is 5.75 Å². The standard InChI is InChI=1S/C19H28N2O2/c1-15-6-5-9-17(23-2)18(15)19(22)21-12-10-20(11-13-21)14-16-7-3-4-8-16/h5-6,9,16H,3-4,7-8,10-14H2,1-2H3. The molecule has 1 aromatic carbocycles. The van der Waals surface area contributed by atoms with E-state index in [1.807, 2.05) is 30.0 Å². The lowest BCUT2D eigenvalue weighted by Gasteiger charge is -2.36. The van der Waals surface area contributed by atoms with Gasteiger partial charge in [-0.15, -0.1) is 0 Å². The maximum Gasteiger partial charge on any atom is 0.257 e. The van der Waals surface area contributed by atoms with Crippen molar-refractivity contribution in [3.05, 3.63) is 29.3 Å². The highest BCUT2D eigenvalue weighted by atomic mass is 16.5. The van der Waals surface area contributed by atoms with Gasteiger partial charge < -0.3 is 9.64 Å². The number of benzene rings is 1. The van der Waals surface area contributed by atoms with Gasteiger partial charge in [-0.2, -0.15) is 0 Å². The smallest absolute Gasteiger partial charge is 0.257 e. The number of rotatable bonds is 4. The zero-order valence-electron chi connectivity index (χ0n) is 14.4. The Morgan fingerprint density at radius 1 is 1.17 bits per heavy atom. The third-order valence-corrected chi connectivity index (χ3v) is 5.32. The number of hydrogen-bond donors (Lipinski definition) is 0. The molecule has 1 saturated carbocycles. The van der Waals surface area contributed by atoms with Gasteiger partial charge in [0, 0.05) is 32.7 Å². The van der Waals surface area contributed by atoms with Crippen LogP contribution in [0.2, 0.25) is 0 Å². The average Bonchev–Trinajstić information content (AvgIpc) is 3.07. The van der Waals surface area contributed by atoms with Crippen molar-refractivity contribution in [3.8, 4) is 5.75 Å². The quantitative estimate of drug-likeness (QED) is 0.856. The first kappa shape index (κ1) is 16.3. The molecule has 1 aliphatic heterocycles. The Hall–Kier alpha value is -1.55. The van der Waals surface area contributed by atoms with Gasteiger partial charge in [-0.3, -0.25) is 9.69 Å². The zero-order chi connectivity index (χ0) is 16.2. The van der Waals surface area contributed by atoms with Crippen molar-refractivity contribution < 1.29 is 9.53 Å². The van der Waals surface area contributed by atoms with Crippen molar-refractivity contribution in [3.63, 3.8) is 0 Å². The molecule has 1 aromatic rings. The molecule has 1 saturated heterocycles. The van der Waals surface area contributed by atoms with E-state index in [0.29, 0.717) is 5.75 Å². The van der Waals surface area contributed by atoms with E-state index in [1.165, 1.54) is 32.2 Å². The van der Waals surface area contributed by atoms with Crippen molar-refractivity contribution in [1.82, 2.24) is 9.80 Å². The van der Waals surface area contributed by atoms with E-state index < -0.39 is 0 Å². The number of aryl methyl sites for hydroxylation is 1. The summed E-state index contributed by atoms with van der Waals surface area (Å²) in [5.74, 6) is 1.68. The molecule has 1 heterocycles. The lowest BCUT2D eigenvalue weighted by atomic mass is 10.1. The number of piperazine rings is 1. The predicted molar refractivity (Wildman–Crippen MR) is 92.0 cm³/mol. The number of ether oxygens (including phenoxy) is 1. The fourth-order valence-electron chi connectivity index (χ4n) is 3.93. The molecule has 0 spiro atoms. The van der Waals surface area contributed by atoms with Crippen molar-refractivity contribution in [2.24, 2.45) is 5.92 Å². The van der Waals surface area contributed by atoms with E-state index in [-0.39, 0.29) is 5.91 Å². The van der Waals surface area contributed by atoms with Gasteiger partial charge in [0.05, 0.1) is 12.7 Å². The van der Waals surface area contributed by atoms with Gasteiger partial charge >= 0.3 is 0 Å². The average molecular weight is 316 g/mol. The number of hydrogen-bond acceptors (Lipinski definition) is 3. The number of methoxy groups -OCH3 is 1. The molecule has 3 rings (SSSR count). The van der Waals surface area contributed by atoms with Crippen LogP contribution in [0.4, 0.5) is 0 Å². The van der Waals surface area contributed by atoms with Crippen LogP contribution in [0.15, 0.2) is 18.2 Å². The van der Waals surface area contributed by atoms with Gasteiger partial charge in [-0.05, 0) is 37.3 Å². The van der Waals surface area contributed by atoms with Crippen LogP contribution in [0.3, 0.4) is 0 Å². The van der Waals surface area contributed by atoms with E-state index in [2.05, 4.69) is 4.90 Å². The fourth-order valence-corrected chi connectivity index (χ4v) is 3.93. The number of amides is 1. The van der Waals surface area contributed by atoms with Crippen LogP contribution in [-0.4, -0.2) is 55.5 Å². The Labute approximate surface area is 139 Å². The summed E-state index contributed by atoms with van der Waals surface area (Å²) in [6.07, 6.45) is 5.57. The highest BCUT2D eigenvalue weighted by Crippen LogP contribution is 2.27. The third kappa shape index (κ3) is 3.69. The highest BCUT2D eigenvalue weighted by Gasteiger charge is 2.27. The number of nitrogens with zero attached hydrogens (tertiary/aromatic N) is 2. The Balaban J connectivity index is 1.60. The first-order valence-electron chi connectivity index (χ1n) is 8.84. The van der Waals surface area contributed by atoms with Crippen LogP contribution in [0.25, 0.3) is 0 Å². The minimum atomic E-state index is 0.112. The van der Waals surface area contributed by atoms with Gasteiger partial charge in [-0.1, -0.05) is 25.0 Å². The molecule has 0 radical (unpaired) electrons. The summed E-state index contributed by atoms with van der Waals surface area (Å²) >= 11 is 0. The van der Waals surface area contributed by atoms with E-state index in [1.54, 1.807) is 7.11 Å². The Bertz CT molecular complexity index is 544. The summed E-state index contributed by atoms with van der Waals surface area (Å²) in [5.41, 5.74) is 1.71. The monoisotopic (exact) mass is 316 g/mol. The minimum Gasteiger partial charge on any atom is -0.496 e. The molecule has 23 heavy (non-hydrogen) atoms. The van der Waals surface area contributed by atoms with Crippen LogP contribution in [0.1, 0.15) is 41.6 Å². The zero-order valence-corrected chi connectivity index (χ0v) is 14.4. The summed E-state index contributed by atoms with van der Waals surface area (Å²) in [6.45, 7) is 6.83. The molecule has 4 heteroatoms. The second kappa shape index (κ2) is 7.35. The van der Waals surface area contributed by atoms with E-state index in [9.17, 15) is 4.79 Å². The fraction of sp³-hybridized carbons (Fsp3) is 0.632. The van der Waals surface area contributed by atoms with Crippen molar-refractivity contribution >= 4 is 5.91 Å². The topological polar surface area (TPSA) is 32.8 Å². The summed E-state index contributed by atoms with van der Waals surface area (Å²) in [4.78, 5) is 17.4. The normalized spacial score (nSPS) is 20.0. The molecule has 0 N–H and O–H groups in total. The van der Waals surface area contributed by atoms with Gasteiger partial charge in [0.25, 0.3) is 5.91 Å². The lowest BCUT2D eigenvalue weighted by Crippen LogP contribution is -2.49. The second-order valence-corrected chi connectivity index (χ2v) is 6.90. The van der Waals surface area contributed by atoms with Crippen LogP contribution < -0.4 is 4.74 Å². The first-order chi connectivity index (χ1) is 11.2. The maximum atomic E-state index is 12.9. The molecule has 2 fully saturated rings. The van der Waals surface area contributed by atoms with Gasteiger partial charge in [0.2, 0.25) is 0 Å². The lowest BCUT2D eigenvalue weighted by molar-refractivity contribution is 0.0614. The predicted octanol–water partition coefficient (Wildman–Crippen LogP) is 2.95. The summed E-state index contributed by atoms with van der Waals surface area (Å²) in [6, 6.07) is 5.78. The number of carbonyl (C=O) groups excluding carboxylic acids is 1. The van der Waals surface area contributed by atoms with Crippen LogP contribution in [0, 0.1) is 12.8 Å². The molecule has 0 unspecified atom stereocenters. The largest absolute Gasteiger partial charge is 0.496 e. The molecule has 2 aliphatic rings. The minimum absolute atomic E-state index is 0.112. The summed E-state index contributed by atoms with van der Waals surface area (Å²) in [5, 5.41) is 0. The Kier molecular flexibility index (Phi) is 5.21. The Morgan fingerprint density at radius 3 is 2.52 bits per heavy atom. The third-order valence-electron chi connectivity index (χ3n) is 5.32. The van der Waals surface area contributed by atoms with Gasteiger partial charge in [0.15, 0.2) is 0 Å². The molecule has 126 valence electrons. The molecular weight excluding hydrogens is 288 g/mol. The second-order valence-electron chi connectivity index (χ2n) is 6.90. The molecule has 0 aromatic heterocycles. The van der Waals surface area contributed by atoms with Crippen molar-refractivity contribution in [2.75, 3.05) is 39.8 Å². The number of carbonyl (C=O) groups is 1.